The van der Waals surface area contributed by atoms with E-state index >= 15 is 0 Å². The van der Waals surface area contributed by atoms with E-state index in [4.69, 9.17) is 0 Å². The first-order valence-corrected chi connectivity index (χ1v) is 10.7. The summed E-state index contributed by atoms with van der Waals surface area (Å²) in [6.45, 7) is 4.81. The fraction of sp³-hybridized carbons (Fsp3) is 0.250. The second kappa shape index (κ2) is 5.95. The number of aliphatic hydroxyl groups excluding tert-OH is 1. The summed E-state index contributed by atoms with van der Waals surface area (Å²) in [7, 11) is -1.73. The molecular formula is C16H20OSSi. The quantitative estimate of drug-likeness (QED) is 0.689. The lowest BCUT2D eigenvalue weighted by Gasteiger charge is -2.26. The molecule has 0 radical (unpaired) electrons. The molecule has 0 saturated heterocycles. The molecule has 1 N–H and O–H groups in total. The number of benzene rings is 2. The maximum absolute atomic E-state index is 9.53. The van der Waals surface area contributed by atoms with Crippen molar-refractivity contribution in [2.45, 2.75) is 24.6 Å². The molecule has 0 fully saturated rings. The molecule has 3 heteroatoms. The van der Waals surface area contributed by atoms with Gasteiger partial charge in [0.15, 0.2) is 0 Å². The smallest absolute Gasteiger partial charge is 0.112 e. The largest absolute Gasteiger partial charge is 0.392 e. The van der Waals surface area contributed by atoms with Crippen LogP contribution in [0.4, 0.5) is 0 Å². The van der Waals surface area contributed by atoms with Gasteiger partial charge in [0, 0.05) is 4.90 Å². The van der Waals surface area contributed by atoms with Gasteiger partial charge in [0.25, 0.3) is 0 Å². The molecule has 0 amide bonds. The molecule has 0 aliphatic rings. The van der Waals surface area contributed by atoms with Crippen LogP contribution < -0.4 is 10.4 Å². The van der Waals surface area contributed by atoms with Gasteiger partial charge in [-0.2, -0.15) is 0 Å². The molecule has 100 valence electrons. The van der Waals surface area contributed by atoms with Crippen molar-refractivity contribution in [2.24, 2.45) is 0 Å². The molecule has 2 rings (SSSR count). The highest BCUT2D eigenvalue weighted by molar-refractivity contribution is 7.98. The van der Waals surface area contributed by atoms with Crippen LogP contribution in [-0.2, 0) is 6.61 Å². The Balaban J connectivity index is 2.45. The topological polar surface area (TPSA) is 20.2 Å². The summed E-state index contributed by atoms with van der Waals surface area (Å²) in [4.78, 5) is 1.30. The summed E-state index contributed by atoms with van der Waals surface area (Å²) in [6.07, 6.45) is 2.10. The van der Waals surface area contributed by atoms with E-state index in [1.54, 1.807) is 11.8 Å². The molecule has 0 saturated carbocycles. The minimum Gasteiger partial charge on any atom is -0.392 e. The summed E-state index contributed by atoms with van der Waals surface area (Å²) >= 11 is 1.77. The molecule has 0 spiro atoms. The van der Waals surface area contributed by atoms with E-state index in [1.165, 1.54) is 15.3 Å². The molecule has 0 aromatic heterocycles. The van der Waals surface area contributed by atoms with Gasteiger partial charge in [-0.25, -0.2) is 0 Å². The Hall–Kier alpha value is -1.03. The maximum Gasteiger partial charge on any atom is 0.112 e. The van der Waals surface area contributed by atoms with Gasteiger partial charge in [-0.1, -0.05) is 54.7 Å². The van der Waals surface area contributed by atoms with Crippen LogP contribution in [0.1, 0.15) is 5.56 Å². The standard InChI is InChI=1S/C16H20OSSi/c1-18-14-8-10-15(11-9-14)19(2,3)16-7-5-4-6-13(16)12-17/h4-11,17H,12H2,1-3H3. The third-order valence-corrected chi connectivity index (χ3v) is 8.03. The van der Waals surface area contributed by atoms with E-state index in [2.05, 4.69) is 55.7 Å². The monoisotopic (exact) mass is 288 g/mol. The van der Waals surface area contributed by atoms with Crippen molar-refractivity contribution in [3.63, 3.8) is 0 Å². The number of aliphatic hydroxyl groups is 1. The Bertz CT molecular complexity index is 549. The first-order chi connectivity index (χ1) is 9.09. The molecule has 1 nitrogen and oxygen atoms in total. The second-order valence-corrected chi connectivity index (χ2v) is 10.4. The zero-order chi connectivity index (χ0) is 13.9. The van der Waals surface area contributed by atoms with Gasteiger partial charge in [0.2, 0.25) is 0 Å². The lowest BCUT2D eigenvalue weighted by Crippen LogP contribution is -2.54. The molecule has 0 heterocycles. The highest BCUT2D eigenvalue weighted by Gasteiger charge is 2.27. The maximum atomic E-state index is 9.53. The third-order valence-electron chi connectivity index (χ3n) is 3.67. The SMILES string of the molecule is CSc1ccc([Si](C)(C)c2ccccc2CO)cc1. The molecule has 0 aliphatic heterocycles. The summed E-state index contributed by atoms with van der Waals surface area (Å²) < 4.78 is 0. The van der Waals surface area contributed by atoms with Gasteiger partial charge in [-0.3, -0.25) is 0 Å². The van der Waals surface area contributed by atoms with E-state index in [0.717, 1.165) is 5.56 Å². The molecule has 2 aromatic rings. The highest BCUT2D eigenvalue weighted by atomic mass is 32.2. The van der Waals surface area contributed by atoms with Crippen LogP contribution in [0.2, 0.25) is 13.1 Å². The van der Waals surface area contributed by atoms with Crippen molar-refractivity contribution < 1.29 is 5.11 Å². The Morgan fingerprint density at radius 1 is 1.00 bits per heavy atom. The lowest BCUT2D eigenvalue weighted by atomic mass is 10.2. The summed E-state index contributed by atoms with van der Waals surface area (Å²) in [6, 6.07) is 17.1. The zero-order valence-corrected chi connectivity index (χ0v) is 13.5. The van der Waals surface area contributed by atoms with E-state index in [0.29, 0.717) is 0 Å². The zero-order valence-electron chi connectivity index (χ0n) is 11.7. The number of hydrogen-bond acceptors (Lipinski definition) is 2. The van der Waals surface area contributed by atoms with Crippen molar-refractivity contribution in [3.8, 4) is 0 Å². The van der Waals surface area contributed by atoms with Crippen molar-refractivity contribution in [3.05, 3.63) is 54.1 Å². The number of thioether (sulfide) groups is 1. The van der Waals surface area contributed by atoms with Gasteiger partial charge in [0.1, 0.15) is 8.07 Å². The average molecular weight is 288 g/mol. The van der Waals surface area contributed by atoms with Crippen LogP contribution in [0.5, 0.6) is 0 Å². The Morgan fingerprint density at radius 2 is 1.63 bits per heavy atom. The first-order valence-electron chi connectivity index (χ1n) is 6.43. The minimum atomic E-state index is -1.73. The third kappa shape index (κ3) is 2.94. The van der Waals surface area contributed by atoms with E-state index in [1.807, 2.05) is 12.1 Å². The van der Waals surface area contributed by atoms with Crippen LogP contribution in [0, 0.1) is 0 Å². The fourth-order valence-corrected chi connectivity index (χ4v) is 5.63. The summed E-state index contributed by atoms with van der Waals surface area (Å²) in [5, 5.41) is 12.3. The lowest BCUT2D eigenvalue weighted by molar-refractivity contribution is 0.283. The highest BCUT2D eigenvalue weighted by Crippen LogP contribution is 2.14. The number of rotatable bonds is 4. The predicted octanol–water partition coefficient (Wildman–Crippen LogP) is 2.72. The molecule has 0 aliphatic carbocycles. The molecular weight excluding hydrogens is 268 g/mol. The van der Waals surface area contributed by atoms with Gasteiger partial charge in [-0.05, 0) is 29.1 Å². The fourth-order valence-electron chi connectivity index (χ4n) is 2.43. The molecule has 0 atom stereocenters. The van der Waals surface area contributed by atoms with Crippen LogP contribution in [0.3, 0.4) is 0 Å². The molecule has 2 aromatic carbocycles. The van der Waals surface area contributed by atoms with Crippen LogP contribution in [0.25, 0.3) is 0 Å². The van der Waals surface area contributed by atoms with Gasteiger partial charge >= 0.3 is 0 Å². The predicted molar refractivity (Wildman–Crippen MR) is 87.3 cm³/mol. The van der Waals surface area contributed by atoms with Crippen molar-refractivity contribution >= 4 is 30.2 Å². The first kappa shape index (κ1) is 14.4. The van der Waals surface area contributed by atoms with Crippen molar-refractivity contribution in [1.82, 2.24) is 0 Å². The van der Waals surface area contributed by atoms with Crippen LogP contribution >= 0.6 is 11.8 Å². The van der Waals surface area contributed by atoms with Gasteiger partial charge < -0.3 is 5.11 Å². The number of hydrogen-bond donors (Lipinski definition) is 1. The van der Waals surface area contributed by atoms with E-state index < -0.39 is 8.07 Å². The molecule has 0 bridgehead atoms. The molecule has 0 unspecified atom stereocenters. The van der Waals surface area contributed by atoms with Crippen molar-refractivity contribution in [1.29, 1.82) is 0 Å². The second-order valence-electron chi connectivity index (χ2n) is 5.17. The molecule has 19 heavy (non-hydrogen) atoms. The van der Waals surface area contributed by atoms with Gasteiger partial charge in [-0.15, -0.1) is 11.8 Å². The summed E-state index contributed by atoms with van der Waals surface area (Å²) in [5.74, 6) is 0. The Labute approximate surface area is 120 Å². The minimum absolute atomic E-state index is 0.121. The Morgan fingerprint density at radius 3 is 2.21 bits per heavy atom. The van der Waals surface area contributed by atoms with Crippen molar-refractivity contribution in [2.75, 3.05) is 6.26 Å². The average Bonchev–Trinajstić information content (AvgIpc) is 2.47. The van der Waals surface area contributed by atoms with E-state index in [-0.39, 0.29) is 6.61 Å². The van der Waals surface area contributed by atoms with Crippen LogP contribution in [0.15, 0.2) is 53.4 Å². The van der Waals surface area contributed by atoms with E-state index in [9.17, 15) is 5.11 Å². The Kier molecular flexibility index (Phi) is 4.50. The normalized spacial score (nSPS) is 11.6. The van der Waals surface area contributed by atoms with Gasteiger partial charge in [0.05, 0.1) is 6.61 Å². The summed E-state index contributed by atoms with van der Waals surface area (Å²) in [5.41, 5.74) is 1.06. The van der Waals surface area contributed by atoms with Crippen LogP contribution in [-0.4, -0.2) is 19.4 Å².